The summed E-state index contributed by atoms with van der Waals surface area (Å²) in [7, 11) is 3.38. The van der Waals surface area contributed by atoms with Crippen molar-refractivity contribution in [3.63, 3.8) is 0 Å². The monoisotopic (exact) mass is 216 g/mol. The van der Waals surface area contributed by atoms with Crippen molar-refractivity contribution in [3.05, 3.63) is 35.4 Å². The number of hydrogen-bond acceptors (Lipinski definition) is 2. The predicted molar refractivity (Wildman–Crippen MR) is 66.5 cm³/mol. The first-order valence-electron chi connectivity index (χ1n) is 5.28. The van der Waals surface area contributed by atoms with Gasteiger partial charge in [0.2, 0.25) is 0 Å². The van der Waals surface area contributed by atoms with E-state index in [9.17, 15) is 0 Å². The van der Waals surface area contributed by atoms with Crippen LogP contribution in [-0.4, -0.2) is 14.2 Å². The van der Waals surface area contributed by atoms with Gasteiger partial charge in [-0.1, -0.05) is 0 Å². The van der Waals surface area contributed by atoms with E-state index < -0.39 is 0 Å². The molecule has 16 heavy (non-hydrogen) atoms. The Morgan fingerprint density at radius 3 is 1.56 bits per heavy atom. The smallest absolute Gasteiger partial charge is 0.119 e. The van der Waals surface area contributed by atoms with Crippen LogP contribution in [0.4, 0.5) is 0 Å². The summed E-state index contributed by atoms with van der Waals surface area (Å²) in [6.45, 7) is 4.20. The minimum Gasteiger partial charge on any atom is -0.497 e. The van der Waals surface area contributed by atoms with E-state index in [4.69, 9.17) is 9.47 Å². The Morgan fingerprint density at radius 2 is 1.19 bits per heavy atom. The van der Waals surface area contributed by atoms with Gasteiger partial charge in [-0.3, -0.25) is 0 Å². The van der Waals surface area contributed by atoms with Crippen LogP contribution in [0.1, 0.15) is 11.1 Å². The third-order valence-electron chi connectivity index (χ3n) is 2.86. The van der Waals surface area contributed by atoms with Crippen LogP contribution in [0, 0.1) is 13.8 Å². The molecule has 2 aromatic carbocycles. The highest BCUT2D eigenvalue weighted by atomic mass is 16.5. The maximum Gasteiger partial charge on any atom is 0.119 e. The molecule has 0 aliphatic carbocycles. The van der Waals surface area contributed by atoms with Crippen LogP contribution in [0.5, 0.6) is 11.5 Å². The average molecular weight is 216 g/mol. The van der Waals surface area contributed by atoms with Crippen LogP contribution < -0.4 is 9.47 Å². The van der Waals surface area contributed by atoms with Crippen molar-refractivity contribution >= 4 is 10.8 Å². The van der Waals surface area contributed by atoms with E-state index in [1.54, 1.807) is 14.2 Å². The Hall–Kier alpha value is -1.70. The Labute approximate surface area is 95.8 Å². The molecule has 0 amide bonds. The van der Waals surface area contributed by atoms with Crippen LogP contribution in [-0.2, 0) is 0 Å². The second kappa shape index (κ2) is 4.05. The van der Waals surface area contributed by atoms with Gasteiger partial charge in [-0.15, -0.1) is 0 Å². The minimum absolute atomic E-state index is 0.887. The quantitative estimate of drug-likeness (QED) is 0.765. The van der Waals surface area contributed by atoms with Crippen LogP contribution in [0.3, 0.4) is 0 Å². The van der Waals surface area contributed by atoms with Crippen LogP contribution in [0.2, 0.25) is 0 Å². The fourth-order valence-electron chi connectivity index (χ4n) is 2.15. The molecule has 0 fully saturated rings. The largest absolute Gasteiger partial charge is 0.497 e. The molecule has 84 valence electrons. The summed E-state index contributed by atoms with van der Waals surface area (Å²) in [6.07, 6.45) is 0. The van der Waals surface area contributed by atoms with Crippen molar-refractivity contribution in [2.75, 3.05) is 14.2 Å². The molecule has 2 rings (SSSR count). The molecule has 0 atom stereocenters. The number of aryl methyl sites for hydroxylation is 2. The molecule has 2 aromatic rings. The molecule has 0 saturated carbocycles. The fraction of sp³-hybridized carbons (Fsp3) is 0.286. The maximum absolute atomic E-state index is 5.28. The molecule has 0 bridgehead atoms. The summed E-state index contributed by atoms with van der Waals surface area (Å²) in [6, 6.07) is 8.19. The van der Waals surface area contributed by atoms with Gasteiger partial charge in [0.05, 0.1) is 14.2 Å². The third-order valence-corrected chi connectivity index (χ3v) is 2.86. The highest BCUT2D eigenvalue weighted by Gasteiger charge is 2.06. The molecule has 2 heteroatoms. The summed E-state index contributed by atoms with van der Waals surface area (Å²) < 4.78 is 10.6. The lowest BCUT2D eigenvalue weighted by atomic mass is 10.00. The third kappa shape index (κ3) is 1.71. The lowest BCUT2D eigenvalue weighted by Gasteiger charge is -2.11. The summed E-state index contributed by atoms with van der Waals surface area (Å²) in [4.78, 5) is 0. The normalized spacial score (nSPS) is 10.5. The molecule has 0 aromatic heterocycles. The van der Waals surface area contributed by atoms with Crippen LogP contribution in [0.15, 0.2) is 24.3 Å². The second-order valence-electron chi connectivity index (χ2n) is 3.99. The van der Waals surface area contributed by atoms with E-state index in [1.165, 1.54) is 16.5 Å². The number of methoxy groups -OCH3 is 2. The van der Waals surface area contributed by atoms with Gasteiger partial charge in [-0.25, -0.2) is 0 Å². The van der Waals surface area contributed by atoms with Crippen molar-refractivity contribution in [2.24, 2.45) is 0 Å². The van der Waals surface area contributed by atoms with Crippen molar-refractivity contribution in [2.45, 2.75) is 13.8 Å². The molecule has 0 radical (unpaired) electrons. The first-order valence-corrected chi connectivity index (χ1v) is 5.28. The van der Waals surface area contributed by atoms with E-state index >= 15 is 0 Å². The zero-order chi connectivity index (χ0) is 11.7. The first kappa shape index (κ1) is 10.8. The first-order chi connectivity index (χ1) is 7.65. The predicted octanol–water partition coefficient (Wildman–Crippen LogP) is 3.47. The van der Waals surface area contributed by atoms with Gasteiger partial charge in [0.1, 0.15) is 11.5 Å². The number of fused-ring (bicyclic) bond motifs is 1. The zero-order valence-corrected chi connectivity index (χ0v) is 10.1. The SMILES string of the molecule is COc1cc(C)c2c(C)cc(OC)cc2c1. The Balaban J connectivity index is 2.79. The van der Waals surface area contributed by atoms with Crippen molar-refractivity contribution in [1.29, 1.82) is 0 Å². The van der Waals surface area contributed by atoms with Crippen molar-refractivity contribution < 1.29 is 9.47 Å². The molecule has 0 aliphatic heterocycles. The lowest BCUT2D eigenvalue weighted by molar-refractivity contribution is 0.413. The van der Waals surface area contributed by atoms with Gasteiger partial charge in [0, 0.05) is 0 Å². The van der Waals surface area contributed by atoms with E-state index in [0.717, 1.165) is 16.9 Å². The maximum atomic E-state index is 5.28. The molecule has 0 spiro atoms. The molecule has 0 saturated heterocycles. The summed E-state index contributed by atoms with van der Waals surface area (Å²) >= 11 is 0. The summed E-state index contributed by atoms with van der Waals surface area (Å²) in [5, 5.41) is 2.44. The highest BCUT2D eigenvalue weighted by molar-refractivity contribution is 5.91. The van der Waals surface area contributed by atoms with E-state index in [0.29, 0.717) is 0 Å². The van der Waals surface area contributed by atoms with Crippen LogP contribution in [0.25, 0.3) is 10.8 Å². The fourth-order valence-corrected chi connectivity index (χ4v) is 2.15. The van der Waals surface area contributed by atoms with Crippen molar-refractivity contribution in [1.82, 2.24) is 0 Å². The molecule has 0 aliphatic rings. The molecule has 2 nitrogen and oxygen atoms in total. The number of hydrogen-bond donors (Lipinski definition) is 0. The van der Waals surface area contributed by atoms with E-state index in [1.807, 2.05) is 12.1 Å². The highest BCUT2D eigenvalue weighted by Crippen LogP contribution is 2.30. The molecule has 0 N–H and O–H groups in total. The lowest BCUT2D eigenvalue weighted by Crippen LogP contribution is -1.90. The topological polar surface area (TPSA) is 18.5 Å². The van der Waals surface area contributed by atoms with Gasteiger partial charge in [0.25, 0.3) is 0 Å². The van der Waals surface area contributed by atoms with Gasteiger partial charge in [-0.05, 0) is 60.0 Å². The standard InChI is InChI=1S/C14H16O2/c1-9-5-12(15-3)7-11-8-13(16-4)6-10(2)14(9)11/h5-8H,1-4H3. The number of rotatable bonds is 2. The Kier molecular flexibility index (Phi) is 2.73. The van der Waals surface area contributed by atoms with Crippen molar-refractivity contribution in [3.8, 4) is 11.5 Å². The van der Waals surface area contributed by atoms with Gasteiger partial charge < -0.3 is 9.47 Å². The van der Waals surface area contributed by atoms with E-state index in [-0.39, 0.29) is 0 Å². The second-order valence-corrected chi connectivity index (χ2v) is 3.99. The Bertz CT molecular complexity index is 485. The number of ether oxygens (including phenoxy) is 2. The molecule has 0 heterocycles. The van der Waals surface area contributed by atoms with Gasteiger partial charge in [-0.2, -0.15) is 0 Å². The van der Waals surface area contributed by atoms with Gasteiger partial charge in [0.15, 0.2) is 0 Å². The van der Waals surface area contributed by atoms with Crippen LogP contribution >= 0.6 is 0 Å². The average Bonchev–Trinajstić information content (AvgIpc) is 2.27. The van der Waals surface area contributed by atoms with E-state index in [2.05, 4.69) is 26.0 Å². The minimum atomic E-state index is 0.887. The Morgan fingerprint density at radius 1 is 0.750 bits per heavy atom. The molecular formula is C14H16O2. The zero-order valence-electron chi connectivity index (χ0n) is 10.1. The number of benzene rings is 2. The van der Waals surface area contributed by atoms with Gasteiger partial charge >= 0.3 is 0 Å². The molecular weight excluding hydrogens is 200 g/mol. The molecule has 0 unspecified atom stereocenters. The summed E-state index contributed by atoms with van der Waals surface area (Å²) in [5.41, 5.74) is 2.46. The summed E-state index contributed by atoms with van der Waals surface area (Å²) in [5.74, 6) is 1.77.